The topological polar surface area (TPSA) is 66.5 Å². The van der Waals surface area contributed by atoms with E-state index in [1.807, 2.05) is 58.8 Å². The lowest BCUT2D eigenvalue weighted by Crippen LogP contribution is -2.32. The molecule has 0 atom stereocenters. The summed E-state index contributed by atoms with van der Waals surface area (Å²) in [6.07, 6.45) is -0.0868. The van der Waals surface area contributed by atoms with Gasteiger partial charge in [-0.1, -0.05) is 70.2 Å². The van der Waals surface area contributed by atoms with Gasteiger partial charge in [-0.15, -0.1) is 0 Å². The minimum atomic E-state index is -4.01. The van der Waals surface area contributed by atoms with Crippen molar-refractivity contribution in [3.05, 3.63) is 88.7 Å². The van der Waals surface area contributed by atoms with Gasteiger partial charge >= 0.3 is 0 Å². The van der Waals surface area contributed by atoms with Crippen molar-refractivity contribution in [2.75, 3.05) is 14.1 Å². The number of halogens is 1. The zero-order valence-corrected chi connectivity index (χ0v) is 22.6. The first-order chi connectivity index (χ1) is 16.9. The Bertz CT molecular complexity index is 1300. The Labute approximate surface area is 214 Å². The highest BCUT2D eigenvalue weighted by Gasteiger charge is 2.23. The van der Waals surface area contributed by atoms with Crippen molar-refractivity contribution in [3.63, 3.8) is 0 Å². The molecule has 0 aliphatic heterocycles. The van der Waals surface area contributed by atoms with Gasteiger partial charge in [-0.25, -0.2) is 17.5 Å². The molecule has 0 bridgehead atoms. The number of amides is 1. The summed E-state index contributed by atoms with van der Waals surface area (Å²) in [5.74, 6) is -0.805. The summed E-state index contributed by atoms with van der Waals surface area (Å²) in [4.78, 5) is 15.0. The fraction of sp³-hybridized carbons (Fsp3) is 0.345. The summed E-state index contributed by atoms with van der Waals surface area (Å²) in [5, 5.41) is 0. The van der Waals surface area contributed by atoms with E-state index in [-0.39, 0.29) is 29.0 Å². The molecule has 1 amide bonds. The molecule has 3 rings (SSSR count). The van der Waals surface area contributed by atoms with Crippen LogP contribution in [-0.4, -0.2) is 33.3 Å². The Hall–Kier alpha value is -3.03. The van der Waals surface area contributed by atoms with Crippen LogP contribution < -0.4 is 4.72 Å². The van der Waals surface area contributed by atoms with Crippen LogP contribution in [0.2, 0.25) is 0 Å². The number of hydrogen-bond acceptors (Lipinski definition) is 4. The molecule has 192 valence electrons. The average Bonchev–Trinajstić information content (AvgIpc) is 2.78. The molecule has 3 aromatic rings. The Balaban J connectivity index is 1.93. The summed E-state index contributed by atoms with van der Waals surface area (Å²) in [7, 11) is -0.140. The van der Waals surface area contributed by atoms with Crippen LogP contribution in [0.4, 0.5) is 4.39 Å². The fourth-order valence-corrected chi connectivity index (χ4v) is 5.33. The lowest BCUT2D eigenvalue weighted by Gasteiger charge is -2.22. The minimum Gasteiger partial charge on any atom is -0.305 e. The monoisotopic (exact) mass is 510 g/mol. The zero-order chi connectivity index (χ0) is 26.6. The van der Waals surface area contributed by atoms with Crippen LogP contribution in [0.3, 0.4) is 0 Å². The van der Waals surface area contributed by atoms with E-state index in [4.69, 9.17) is 0 Å². The van der Waals surface area contributed by atoms with Crippen LogP contribution >= 0.6 is 0 Å². The first kappa shape index (κ1) is 27.6. The third-order valence-electron chi connectivity index (χ3n) is 6.07. The van der Waals surface area contributed by atoms with Crippen LogP contribution in [0.25, 0.3) is 11.1 Å². The molecule has 0 heterocycles. The van der Waals surface area contributed by atoms with Crippen molar-refractivity contribution in [3.8, 4) is 11.1 Å². The van der Waals surface area contributed by atoms with E-state index in [1.54, 1.807) is 30.3 Å². The highest BCUT2D eigenvalue weighted by molar-refractivity contribution is 7.90. The molecule has 0 saturated carbocycles. The van der Waals surface area contributed by atoms with Crippen LogP contribution in [0.5, 0.6) is 0 Å². The van der Waals surface area contributed by atoms with Gasteiger partial charge in [0.1, 0.15) is 5.82 Å². The number of benzene rings is 3. The Kier molecular flexibility index (Phi) is 8.69. The smallest absolute Gasteiger partial charge is 0.264 e. The largest absolute Gasteiger partial charge is 0.305 e. The predicted octanol–water partition coefficient (Wildman–Crippen LogP) is 5.85. The van der Waals surface area contributed by atoms with Gasteiger partial charge in [-0.05, 0) is 71.9 Å². The van der Waals surface area contributed by atoms with Gasteiger partial charge in [-0.2, -0.15) is 0 Å². The maximum atomic E-state index is 14.6. The van der Waals surface area contributed by atoms with E-state index < -0.39 is 15.9 Å². The molecule has 0 unspecified atom stereocenters. The second-order valence-corrected chi connectivity index (χ2v) is 11.7. The van der Waals surface area contributed by atoms with Gasteiger partial charge in [-0.3, -0.25) is 4.79 Å². The standard InChI is InChI=1S/C29H35FN2O3S/c1-19(2)25-15-22(24-9-7-8-10-28(24)30)16-26(20(3)4)27(25)17-29(33)31-36(34,35)23-13-11-21(12-14-23)18-32(5)6/h7-16,19-20H,17-18H2,1-6H3,(H,31,33). The zero-order valence-electron chi connectivity index (χ0n) is 21.8. The molecule has 0 spiro atoms. The summed E-state index contributed by atoms with van der Waals surface area (Å²) >= 11 is 0. The number of nitrogens with one attached hydrogen (secondary N) is 1. The van der Waals surface area contributed by atoms with Gasteiger partial charge in [0.05, 0.1) is 11.3 Å². The Morgan fingerprint density at radius 1 is 0.917 bits per heavy atom. The first-order valence-corrected chi connectivity index (χ1v) is 13.6. The lowest BCUT2D eigenvalue weighted by molar-refractivity contribution is -0.118. The van der Waals surface area contributed by atoms with Crippen molar-refractivity contribution >= 4 is 15.9 Å². The molecule has 0 aliphatic carbocycles. The fourth-order valence-electron chi connectivity index (χ4n) is 4.35. The Morgan fingerprint density at radius 3 is 1.97 bits per heavy atom. The molecule has 5 nitrogen and oxygen atoms in total. The second kappa shape index (κ2) is 11.4. The summed E-state index contributed by atoms with van der Waals surface area (Å²) < 4.78 is 42.6. The van der Waals surface area contributed by atoms with Crippen molar-refractivity contribution < 1.29 is 17.6 Å². The summed E-state index contributed by atoms with van der Waals surface area (Å²) in [5.41, 5.74) is 4.81. The number of sulfonamides is 1. The van der Waals surface area contributed by atoms with Crippen molar-refractivity contribution in [1.29, 1.82) is 0 Å². The van der Waals surface area contributed by atoms with Gasteiger partial charge < -0.3 is 4.90 Å². The van der Waals surface area contributed by atoms with E-state index in [1.165, 1.54) is 18.2 Å². The number of hydrogen-bond donors (Lipinski definition) is 1. The van der Waals surface area contributed by atoms with E-state index in [0.29, 0.717) is 12.1 Å². The third kappa shape index (κ3) is 6.59. The molecule has 0 aliphatic rings. The minimum absolute atomic E-state index is 0.0430. The predicted molar refractivity (Wildman–Crippen MR) is 143 cm³/mol. The number of rotatable bonds is 9. The summed E-state index contributed by atoms with van der Waals surface area (Å²) in [6, 6.07) is 16.9. The quantitative estimate of drug-likeness (QED) is 0.392. The number of carbonyl (C=O) groups is 1. The SMILES string of the molecule is CC(C)c1cc(-c2ccccc2F)cc(C(C)C)c1CC(=O)NS(=O)(=O)c1ccc(CN(C)C)cc1. The molecular weight excluding hydrogens is 475 g/mol. The first-order valence-electron chi connectivity index (χ1n) is 12.1. The third-order valence-corrected chi connectivity index (χ3v) is 7.45. The molecule has 0 aromatic heterocycles. The van der Waals surface area contributed by atoms with Crippen LogP contribution in [0.15, 0.2) is 65.6 Å². The maximum absolute atomic E-state index is 14.6. The second-order valence-electron chi connectivity index (χ2n) is 10.0. The van der Waals surface area contributed by atoms with Crippen LogP contribution in [0, 0.1) is 5.82 Å². The molecule has 0 radical (unpaired) electrons. The normalized spacial score (nSPS) is 11.9. The highest BCUT2D eigenvalue weighted by Crippen LogP contribution is 2.35. The van der Waals surface area contributed by atoms with Gasteiger partial charge in [0.2, 0.25) is 5.91 Å². The molecule has 3 aromatic carbocycles. The van der Waals surface area contributed by atoms with Crippen molar-refractivity contribution in [2.24, 2.45) is 0 Å². The van der Waals surface area contributed by atoms with Gasteiger partial charge in [0, 0.05) is 12.1 Å². The van der Waals surface area contributed by atoms with Crippen LogP contribution in [0.1, 0.15) is 61.8 Å². The van der Waals surface area contributed by atoms with E-state index in [0.717, 1.165) is 27.8 Å². The number of nitrogens with zero attached hydrogens (tertiary/aromatic N) is 1. The van der Waals surface area contributed by atoms with E-state index in [2.05, 4.69) is 4.72 Å². The average molecular weight is 511 g/mol. The lowest BCUT2D eigenvalue weighted by atomic mass is 9.84. The maximum Gasteiger partial charge on any atom is 0.264 e. The Morgan fingerprint density at radius 2 is 1.47 bits per heavy atom. The molecule has 0 fully saturated rings. The van der Waals surface area contributed by atoms with Gasteiger partial charge in [0.25, 0.3) is 10.0 Å². The van der Waals surface area contributed by atoms with Crippen molar-refractivity contribution in [2.45, 2.75) is 57.4 Å². The molecular formula is C29H35FN2O3S. The van der Waals surface area contributed by atoms with E-state index >= 15 is 0 Å². The number of carbonyl (C=O) groups excluding carboxylic acids is 1. The van der Waals surface area contributed by atoms with Crippen LogP contribution in [-0.2, 0) is 27.8 Å². The molecule has 1 N–H and O–H groups in total. The highest BCUT2D eigenvalue weighted by atomic mass is 32.2. The molecule has 36 heavy (non-hydrogen) atoms. The van der Waals surface area contributed by atoms with Gasteiger partial charge in [0.15, 0.2) is 0 Å². The van der Waals surface area contributed by atoms with Crippen molar-refractivity contribution in [1.82, 2.24) is 9.62 Å². The molecule has 0 saturated heterocycles. The van der Waals surface area contributed by atoms with E-state index in [9.17, 15) is 17.6 Å². The summed E-state index contributed by atoms with van der Waals surface area (Å²) in [6.45, 7) is 8.73. The molecule has 7 heteroatoms.